The summed E-state index contributed by atoms with van der Waals surface area (Å²) in [6, 6.07) is 0. The molecule has 2 heterocycles. The van der Waals surface area contributed by atoms with Gasteiger partial charge < -0.3 is 5.73 Å². The largest absolute Gasteiger partial charge is 0.381 e. The molecule has 0 bridgehead atoms. The van der Waals surface area contributed by atoms with Gasteiger partial charge in [0.25, 0.3) is 0 Å². The quantitative estimate of drug-likeness (QED) is 0.806. The molecule has 2 aliphatic carbocycles. The highest BCUT2D eigenvalue weighted by Gasteiger charge is 2.53. The third-order valence-corrected chi connectivity index (χ3v) is 4.34. The Morgan fingerprint density at radius 1 is 1.18 bits per heavy atom. The van der Waals surface area contributed by atoms with E-state index in [2.05, 4.69) is 15.2 Å². The van der Waals surface area contributed by atoms with Crippen molar-refractivity contribution in [3.05, 3.63) is 18.2 Å². The van der Waals surface area contributed by atoms with Gasteiger partial charge in [0.15, 0.2) is 5.82 Å². The van der Waals surface area contributed by atoms with E-state index in [1.54, 1.807) is 6.20 Å². The van der Waals surface area contributed by atoms with Crippen LogP contribution in [0.5, 0.6) is 0 Å². The van der Waals surface area contributed by atoms with Crippen molar-refractivity contribution < 1.29 is 0 Å². The predicted molar refractivity (Wildman–Crippen MR) is 63.4 cm³/mol. The van der Waals surface area contributed by atoms with Crippen LogP contribution in [0.4, 0.5) is 5.82 Å². The lowest BCUT2D eigenvalue weighted by Gasteiger charge is -2.04. The standard InChI is InChI=1S/C12H15N5/c13-10-12-16-15-11(17(12)6-5-14-10)9-7-3-1-2-4-8(7)9/h5-9H,1-4H2,(H2,13,14). The number of hydrogen-bond acceptors (Lipinski definition) is 4. The molecule has 0 aliphatic heterocycles. The summed E-state index contributed by atoms with van der Waals surface area (Å²) in [6.07, 6.45) is 9.10. The van der Waals surface area contributed by atoms with Crippen molar-refractivity contribution in [1.82, 2.24) is 19.6 Å². The number of fused-ring (bicyclic) bond motifs is 2. The van der Waals surface area contributed by atoms with Crippen LogP contribution in [0.1, 0.15) is 37.4 Å². The van der Waals surface area contributed by atoms with Gasteiger partial charge >= 0.3 is 0 Å². The third-order valence-electron chi connectivity index (χ3n) is 4.34. The number of hydrogen-bond donors (Lipinski definition) is 1. The van der Waals surface area contributed by atoms with Gasteiger partial charge in [0.05, 0.1) is 0 Å². The molecular formula is C12H15N5. The molecule has 17 heavy (non-hydrogen) atoms. The Labute approximate surface area is 99.1 Å². The molecule has 88 valence electrons. The first-order valence-corrected chi connectivity index (χ1v) is 6.31. The van der Waals surface area contributed by atoms with Gasteiger partial charge in [-0.05, 0) is 24.7 Å². The summed E-state index contributed by atoms with van der Waals surface area (Å²) in [4.78, 5) is 4.05. The van der Waals surface area contributed by atoms with Gasteiger partial charge in [0, 0.05) is 18.3 Å². The molecule has 2 saturated carbocycles. The Bertz CT molecular complexity index is 563. The molecule has 4 rings (SSSR count). The van der Waals surface area contributed by atoms with Crippen molar-refractivity contribution in [3.63, 3.8) is 0 Å². The van der Waals surface area contributed by atoms with Crippen molar-refractivity contribution >= 4 is 11.5 Å². The first-order valence-electron chi connectivity index (χ1n) is 6.31. The molecule has 0 aromatic carbocycles. The molecule has 5 heteroatoms. The number of anilines is 1. The zero-order valence-corrected chi connectivity index (χ0v) is 9.58. The van der Waals surface area contributed by atoms with Gasteiger partial charge in [0.1, 0.15) is 5.82 Å². The first-order chi connectivity index (χ1) is 8.36. The molecule has 2 N–H and O–H groups in total. The van der Waals surface area contributed by atoms with E-state index in [4.69, 9.17) is 5.73 Å². The zero-order valence-electron chi connectivity index (χ0n) is 9.58. The molecule has 2 atom stereocenters. The molecule has 5 nitrogen and oxygen atoms in total. The molecule has 2 unspecified atom stereocenters. The fraction of sp³-hybridized carbons (Fsp3) is 0.583. The lowest BCUT2D eigenvalue weighted by Crippen LogP contribution is -1.98. The van der Waals surface area contributed by atoms with Crippen LogP contribution in [-0.2, 0) is 0 Å². The third kappa shape index (κ3) is 1.22. The summed E-state index contributed by atoms with van der Waals surface area (Å²) in [5.41, 5.74) is 6.50. The van der Waals surface area contributed by atoms with E-state index in [1.165, 1.54) is 25.7 Å². The van der Waals surface area contributed by atoms with Crippen LogP contribution in [0.15, 0.2) is 12.4 Å². The van der Waals surface area contributed by atoms with E-state index in [1.807, 2.05) is 10.6 Å². The zero-order chi connectivity index (χ0) is 11.4. The first kappa shape index (κ1) is 9.39. The molecule has 0 spiro atoms. The van der Waals surface area contributed by atoms with E-state index in [0.29, 0.717) is 17.4 Å². The minimum Gasteiger partial charge on any atom is -0.381 e. The smallest absolute Gasteiger partial charge is 0.203 e. The number of nitrogens with zero attached hydrogens (tertiary/aromatic N) is 4. The number of rotatable bonds is 1. The molecule has 2 aromatic heterocycles. The van der Waals surface area contributed by atoms with E-state index in [9.17, 15) is 0 Å². The Hall–Kier alpha value is -1.65. The topological polar surface area (TPSA) is 69.1 Å². The summed E-state index contributed by atoms with van der Waals surface area (Å²) >= 11 is 0. The van der Waals surface area contributed by atoms with Crippen LogP contribution in [-0.4, -0.2) is 19.6 Å². The van der Waals surface area contributed by atoms with Gasteiger partial charge in [-0.1, -0.05) is 12.8 Å². The van der Waals surface area contributed by atoms with Crippen molar-refractivity contribution in [2.45, 2.75) is 31.6 Å². The molecular weight excluding hydrogens is 214 g/mol. The van der Waals surface area contributed by atoms with Gasteiger partial charge in [-0.25, -0.2) is 4.98 Å². The fourth-order valence-corrected chi connectivity index (χ4v) is 3.47. The highest BCUT2D eigenvalue weighted by Crippen LogP contribution is 2.60. The van der Waals surface area contributed by atoms with E-state index >= 15 is 0 Å². The maximum Gasteiger partial charge on any atom is 0.203 e. The van der Waals surface area contributed by atoms with Crippen molar-refractivity contribution in [2.24, 2.45) is 11.8 Å². The highest BCUT2D eigenvalue weighted by atomic mass is 15.3. The van der Waals surface area contributed by atoms with E-state index in [-0.39, 0.29) is 0 Å². The lowest BCUT2D eigenvalue weighted by atomic mass is 10.0. The average Bonchev–Trinajstić information content (AvgIpc) is 2.92. The molecule has 2 aliphatic rings. The molecule has 0 radical (unpaired) electrons. The van der Waals surface area contributed by atoms with E-state index < -0.39 is 0 Å². The van der Waals surface area contributed by atoms with Crippen LogP contribution < -0.4 is 5.73 Å². The highest BCUT2D eigenvalue weighted by molar-refractivity contribution is 5.58. The Morgan fingerprint density at radius 3 is 2.71 bits per heavy atom. The Morgan fingerprint density at radius 2 is 1.94 bits per heavy atom. The van der Waals surface area contributed by atoms with Crippen LogP contribution in [0, 0.1) is 11.8 Å². The fourth-order valence-electron chi connectivity index (χ4n) is 3.47. The summed E-state index contributed by atoms with van der Waals surface area (Å²) < 4.78 is 2.02. The number of nitrogen functional groups attached to an aromatic ring is 1. The Balaban J connectivity index is 1.80. The predicted octanol–water partition coefficient (Wildman–Crippen LogP) is 1.61. The van der Waals surface area contributed by atoms with Crippen molar-refractivity contribution in [2.75, 3.05) is 5.73 Å². The van der Waals surface area contributed by atoms with Gasteiger partial charge in [0.2, 0.25) is 5.65 Å². The van der Waals surface area contributed by atoms with Crippen molar-refractivity contribution in [3.8, 4) is 0 Å². The molecule has 2 aromatic rings. The summed E-state index contributed by atoms with van der Waals surface area (Å²) in [5.74, 6) is 3.84. The summed E-state index contributed by atoms with van der Waals surface area (Å²) in [7, 11) is 0. The number of nitrogens with two attached hydrogens (primary N) is 1. The summed E-state index contributed by atoms with van der Waals surface area (Å²) in [5, 5.41) is 8.50. The molecule has 2 fully saturated rings. The number of aromatic nitrogens is 4. The van der Waals surface area contributed by atoms with Crippen LogP contribution >= 0.6 is 0 Å². The van der Waals surface area contributed by atoms with Crippen molar-refractivity contribution in [1.29, 1.82) is 0 Å². The minimum atomic E-state index is 0.467. The van der Waals surface area contributed by atoms with Crippen LogP contribution in [0.3, 0.4) is 0 Å². The van der Waals surface area contributed by atoms with Gasteiger partial charge in [-0.2, -0.15) is 0 Å². The maximum atomic E-state index is 5.80. The lowest BCUT2D eigenvalue weighted by molar-refractivity contribution is 0.480. The molecule has 0 saturated heterocycles. The Kier molecular flexibility index (Phi) is 1.76. The molecule has 0 amide bonds. The van der Waals surface area contributed by atoms with Crippen LogP contribution in [0.25, 0.3) is 5.65 Å². The van der Waals surface area contributed by atoms with E-state index in [0.717, 1.165) is 17.7 Å². The van der Waals surface area contributed by atoms with Gasteiger partial charge in [-0.3, -0.25) is 4.40 Å². The summed E-state index contributed by atoms with van der Waals surface area (Å²) in [6.45, 7) is 0. The van der Waals surface area contributed by atoms with Crippen LogP contribution in [0.2, 0.25) is 0 Å². The van der Waals surface area contributed by atoms with Gasteiger partial charge in [-0.15, -0.1) is 10.2 Å². The maximum absolute atomic E-state index is 5.80. The average molecular weight is 229 g/mol. The second-order valence-electron chi connectivity index (χ2n) is 5.20. The minimum absolute atomic E-state index is 0.467. The SMILES string of the molecule is Nc1nccn2c(C3C4CCCCC43)nnc12. The second kappa shape index (κ2) is 3.18. The normalized spacial score (nSPS) is 31.4. The monoisotopic (exact) mass is 229 g/mol. The second-order valence-corrected chi connectivity index (χ2v) is 5.20.